The average Bonchev–Trinajstić information content (AvgIpc) is 2.71. The van der Waals surface area contributed by atoms with Crippen LogP contribution in [0.25, 0.3) is 0 Å². The van der Waals surface area contributed by atoms with Gasteiger partial charge in [-0.25, -0.2) is 4.79 Å². The van der Waals surface area contributed by atoms with Crippen LogP contribution in [0.5, 0.6) is 0 Å². The zero-order valence-electron chi connectivity index (χ0n) is 17.6. The van der Waals surface area contributed by atoms with Crippen molar-refractivity contribution in [1.29, 1.82) is 0 Å². The van der Waals surface area contributed by atoms with Crippen molar-refractivity contribution in [1.82, 2.24) is 4.90 Å². The molecule has 154 valence electrons. The number of amides is 2. The minimum Gasteiger partial charge on any atom is -0.465 e. The third kappa shape index (κ3) is 5.44. The van der Waals surface area contributed by atoms with Crippen molar-refractivity contribution < 1.29 is 19.1 Å². The van der Waals surface area contributed by atoms with Crippen LogP contribution in [0.2, 0.25) is 0 Å². The fraction of sp³-hybridized carbons (Fsp3) is 0.348. The van der Waals surface area contributed by atoms with Crippen molar-refractivity contribution in [2.24, 2.45) is 5.41 Å². The maximum Gasteiger partial charge on any atom is 0.337 e. The van der Waals surface area contributed by atoms with Gasteiger partial charge in [-0.05, 0) is 57.5 Å². The number of carbonyl (C=O) groups excluding carboxylic acids is 3. The Bertz CT molecular complexity index is 858. The van der Waals surface area contributed by atoms with Gasteiger partial charge in [0.2, 0.25) is 11.8 Å². The molecule has 0 unspecified atom stereocenters. The maximum atomic E-state index is 13.2. The van der Waals surface area contributed by atoms with Crippen LogP contribution < -0.4 is 5.32 Å². The van der Waals surface area contributed by atoms with Crippen molar-refractivity contribution in [3.8, 4) is 0 Å². The lowest BCUT2D eigenvalue weighted by atomic mass is 9.89. The number of methoxy groups -OCH3 is 1. The highest BCUT2D eigenvalue weighted by Gasteiger charge is 2.40. The first-order valence-electron chi connectivity index (χ1n) is 9.51. The number of carbonyl (C=O) groups is 3. The summed E-state index contributed by atoms with van der Waals surface area (Å²) in [5.41, 5.74) is 0.626. The smallest absolute Gasteiger partial charge is 0.337 e. The van der Waals surface area contributed by atoms with Gasteiger partial charge in [0.1, 0.15) is 5.41 Å². The predicted molar refractivity (Wildman–Crippen MR) is 112 cm³/mol. The molecule has 0 aliphatic heterocycles. The summed E-state index contributed by atoms with van der Waals surface area (Å²) in [5.74, 6) is -1.11. The standard InChI is InChI=1S/C23H28N2O4/c1-16(2)25(15-17-9-7-6-8-10-17)22(28)23(3,4)21(27)24-19-13-11-18(12-14-19)20(26)29-5/h6-14,16H,15H2,1-5H3,(H,24,27). The molecule has 0 spiro atoms. The van der Waals surface area contributed by atoms with Gasteiger partial charge in [-0.2, -0.15) is 0 Å². The Balaban J connectivity index is 2.14. The highest BCUT2D eigenvalue weighted by atomic mass is 16.5. The largest absolute Gasteiger partial charge is 0.465 e. The van der Waals surface area contributed by atoms with Crippen LogP contribution >= 0.6 is 0 Å². The number of nitrogens with zero attached hydrogens (tertiary/aromatic N) is 1. The van der Waals surface area contributed by atoms with E-state index in [2.05, 4.69) is 10.1 Å². The fourth-order valence-electron chi connectivity index (χ4n) is 2.82. The zero-order valence-corrected chi connectivity index (χ0v) is 17.6. The number of rotatable bonds is 7. The average molecular weight is 396 g/mol. The normalized spacial score (nSPS) is 11.1. The second kappa shape index (κ2) is 9.37. The number of nitrogens with one attached hydrogen (secondary N) is 1. The van der Waals surface area contributed by atoms with Gasteiger partial charge in [-0.1, -0.05) is 30.3 Å². The molecule has 2 rings (SSSR count). The molecule has 2 aromatic rings. The molecule has 2 amide bonds. The topological polar surface area (TPSA) is 75.7 Å². The zero-order chi connectivity index (χ0) is 21.6. The molecule has 0 fully saturated rings. The molecule has 0 aromatic heterocycles. The van der Waals surface area contributed by atoms with Gasteiger partial charge >= 0.3 is 5.97 Å². The SMILES string of the molecule is COC(=O)c1ccc(NC(=O)C(C)(C)C(=O)N(Cc2ccccc2)C(C)C)cc1. The van der Waals surface area contributed by atoms with Crippen molar-refractivity contribution in [2.75, 3.05) is 12.4 Å². The monoisotopic (exact) mass is 396 g/mol. The molecule has 2 aromatic carbocycles. The van der Waals surface area contributed by atoms with E-state index in [4.69, 9.17) is 0 Å². The summed E-state index contributed by atoms with van der Waals surface area (Å²) in [6.45, 7) is 7.53. The molecular formula is C23H28N2O4. The minimum absolute atomic E-state index is 0.0610. The van der Waals surface area contributed by atoms with Crippen LogP contribution in [0, 0.1) is 5.41 Å². The van der Waals surface area contributed by atoms with Crippen LogP contribution in [-0.4, -0.2) is 35.8 Å². The van der Waals surface area contributed by atoms with E-state index in [1.165, 1.54) is 7.11 Å². The Hall–Kier alpha value is -3.15. The maximum absolute atomic E-state index is 13.2. The number of esters is 1. The number of hydrogen-bond acceptors (Lipinski definition) is 4. The quantitative estimate of drug-likeness (QED) is 0.569. The lowest BCUT2D eigenvalue weighted by Crippen LogP contribution is -2.49. The Labute approximate surface area is 171 Å². The fourth-order valence-corrected chi connectivity index (χ4v) is 2.82. The highest BCUT2D eigenvalue weighted by Crippen LogP contribution is 2.25. The summed E-state index contributed by atoms with van der Waals surface area (Å²) in [7, 11) is 1.31. The number of benzene rings is 2. The number of anilines is 1. The van der Waals surface area contributed by atoms with E-state index in [0.29, 0.717) is 17.8 Å². The summed E-state index contributed by atoms with van der Waals surface area (Å²) in [5, 5.41) is 2.77. The Morgan fingerprint density at radius 1 is 1.00 bits per heavy atom. The number of hydrogen-bond donors (Lipinski definition) is 1. The Morgan fingerprint density at radius 3 is 2.10 bits per heavy atom. The predicted octanol–water partition coefficient (Wildman–Crippen LogP) is 3.88. The molecule has 0 atom stereocenters. The molecule has 6 heteroatoms. The van der Waals surface area contributed by atoms with Crippen molar-refractivity contribution >= 4 is 23.5 Å². The molecule has 0 radical (unpaired) electrons. The first-order chi connectivity index (χ1) is 13.7. The van der Waals surface area contributed by atoms with Crippen LogP contribution in [0.15, 0.2) is 54.6 Å². The molecule has 0 aliphatic carbocycles. The van der Waals surface area contributed by atoms with E-state index in [0.717, 1.165) is 5.56 Å². The van der Waals surface area contributed by atoms with Crippen LogP contribution in [0.1, 0.15) is 43.6 Å². The van der Waals surface area contributed by atoms with Gasteiger partial charge in [0, 0.05) is 18.3 Å². The highest BCUT2D eigenvalue weighted by molar-refractivity contribution is 6.10. The lowest BCUT2D eigenvalue weighted by molar-refractivity contribution is -0.148. The van der Waals surface area contributed by atoms with E-state index in [9.17, 15) is 14.4 Å². The van der Waals surface area contributed by atoms with E-state index in [1.807, 2.05) is 44.2 Å². The van der Waals surface area contributed by atoms with E-state index in [-0.39, 0.29) is 11.9 Å². The minimum atomic E-state index is -1.26. The third-order valence-corrected chi connectivity index (χ3v) is 4.75. The molecule has 1 N–H and O–H groups in total. The summed E-state index contributed by atoms with van der Waals surface area (Å²) in [6.07, 6.45) is 0. The first kappa shape index (κ1) is 22.1. The van der Waals surface area contributed by atoms with Crippen molar-refractivity contribution in [3.05, 3.63) is 65.7 Å². The van der Waals surface area contributed by atoms with Gasteiger partial charge in [0.15, 0.2) is 0 Å². The summed E-state index contributed by atoms with van der Waals surface area (Å²) in [4.78, 5) is 39.3. The van der Waals surface area contributed by atoms with Crippen LogP contribution in [0.4, 0.5) is 5.69 Å². The van der Waals surface area contributed by atoms with E-state index in [1.54, 1.807) is 43.0 Å². The third-order valence-electron chi connectivity index (χ3n) is 4.75. The Kier molecular flexibility index (Phi) is 7.15. The lowest BCUT2D eigenvalue weighted by Gasteiger charge is -2.34. The van der Waals surface area contributed by atoms with Crippen molar-refractivity contribution in [2.45, 2.75) is 40.3 Å². The second-order valence-corrected chi connectivity index (χ2v) is 7.66. The molecule has 0 saturated heterocycles. The van der Waals surface area contributed by atoms with Crippen molar-refractivity contribution in [3.63, 3.8) is 0 Å². The Morgan fingerprint density at radius 2 is 1.59 bits per heavy atom. The number of ether oxygens (including phenoxy) is 1. The summed E-state index contributed by atoms with van der Waals surface area (Å²) >= 11 is 0. The van der Waals surface area contributed by atoms with Gasteiger partial charge in [-0.3, -0.25) is 9.59 Å². The van der Waals surface area contributed by atoms with Gasteiger partial charge in [-0.15, -0.1) is 0 Å². The first-order valence-corrected chi connectivity index (χ1v) is 9.51. The molecule has 29 heavy (non-hydrogen) atoms. The van der Waals surface area contributed by atoms with Gasteiger partial charge < -0.3 is 15.0 Å². The second-order valence-electron chi connectivity index (χ2n) is 7.66. The molecule has 0 aliphatic rings. The van der Waals surface area contributed by atoms with Gasteiger partial charge in [0.05, 0.1) is 12.7 Å². The van der Waals surface area contributed by atoms with Crippen LogP contribution in [-0.2, 0) is 20.9 Å². The van der Waals surface area contributed by atoms with E-state index >= 15 is 0 Å². The molecule has 0 heterocycles. The molecular weight excluding hydrogens is 368 g/mol. The summed E-state index contributed by atoms with van der Waals surface area (Å²) in [6, 6.07) is 16.0. The molecule has 0 saturated carbocycles. The van der Waals surface area contributed by atoms with E-state index < -0.39 is 17.3 Å². The summed E-state index contributed by atoms with van der Waals surface area (Å²) < 4.78 is 4.66. The molecule has 6 nitrogen and oxygen atoms in total. The van der Waals surface area contributed by atoms with Gasteiger partial charge in [0.25, 0.3) is 0 Å². The van der Waals surface area contributed by atoms with Crippen LogP contribution in [0.3, 0.4) is 0 Å². The molecule has 0 bridgehead atoms.